The second-order valence-electron chi connectivity index (χ2n) is 4.68. The lowest BCUT2D eigenvalue weighted by atomic mass is 10.00. The molecule has 1 unspecified atom stereocenters. The summed E-state index contributed by atoms with van der Waals surface area (Å²) >= 11 is 0. The molecular weight excluding hydrogens is 232 g/mol. The van der Waals surface area contributed by atoms with Gasteiger partial charge in [0, 0.05) is 12.1 Å². The minimum Gasteiger partial charge on any atom is -0.359 e. The fourth-order valence-electron chi connectivity index (χ4n) is 2.50. The Morgan fingerprint density at radius 3 is 3.22 bits per heavy atom. The number of nitrogens with zero attached hydrogens (tertiary/aromatic N) is 2. The average molecular weight is 252 g/mol. The van der Waals surface area contributed by atoms with Gasteiger partial charge in [-0.25, -0.2) is 5.84 Å². The molecule has 3 N–H and O–H groups in total. The van der Waals surface area contributed by atoms with Crippen molar-refractivity contribution in [2.24, 2.45) is 5.84 Å². The molecule has 6 heteroatoms. The maximum atomic E-state index is 11.3. The van der Waals surface area contributed by atoms with Crippen LogP contribution in [0.2, 0.25) is 0 Å². The number of hydrogen-bond acceptors (Lipinski definition) is 5. The predicted molar refractivity (Wildman–Crippen MR) is 66.5 cm³/mol. The molecule has 0 bridgehead atoms. The van der Waals surface area contributed by atoms with E-state index in [0.717, 1.165) is 13.0 Å². The first-order valence-corrected chi connectivity index (χ1v) is 6.45. The van der Waals surface area contributed by atoms with Crippen LogP contribution in [0.15, 0.2) is 10.6 Å². The second kappa shape index (κ2) is 5.97. The fraction of sp³-hybridized carbons (Fsp3) is 0.667. The lowest BCUT2D eigenvalue weighted by Crippen LogP contribution is -2.38. The molecule has 0 aliphatic carbocycles. The predicted octanol–water partition coefficient (Wildman–Crippen LogP) is 1.04. The van der Waals surface area contributed by atoms with Crippen LogP contribution in [-0.2, 0) is 6.54 Å². The van der Waals surface area contributed by atoms with Crippen LogP contribution >= 0.6 is 0 Å². The molecule has 1 atom stereocenters. The first kappa shape index (κ1) is 13.0. The van der Waals surface area contributed by atoms with Crippen molar-refractivity contribution in [1.29, 1.82) is 0 Å². The lowest BCUT2D eigenvalue weighted by Gasteiger charge is -2.34. The van der Waals surface area contributed by atoms with Gasteiger partial charge in [0.05, 0.1) is 6.54 Å². The van der Waals surface area contributed by atoms with Gasteiger partial charge in [-0.2, -0.15) is 0 Å². The molecule has 1 amide bonds. The monoisotopic (exact) mass is 252 g/mol. The summed E-state index contributed by atoms with van der Waals surface area (Å²) in [6.45, 7) is 4.00. The molecule has 0 saturated carbocycles. The minimum atomic E-state index is -0.421. The van der Waals surface area contributed by atoms with Gasteiger partial charge in [0.25, 0.3) is 5.91 Å². The molecule has 1 saturated heterocycles. The second-order valence-corrected chi connectivity index (χ2v) is 4.68. The van der Waals surface area contributed by atoms with Crippen LogP contribution in [0.4, 0.5) is 0 Å². The number of carbonyl (C=O) groups is 1. The van der Waals surface area contributed by atoms with E-state index < -0.39 is 5.91 Å². The number of amides is 1. The van der Waals surface area contributed by atoms with E-state index in [9.17, 15) is 4.79 Å². The number of hydrazine groups is 1. The maximum absolute atomic E-state index is 11.3. The van der Waals surface area contributed by atoms with E-state index in [0.29, 0.717) is 18.3 Å². The normalized spacial score (nSPS) is 20.9. The summed E-state index contributed by atoms with van der Waals surface area (Å²) in [5.74, 6) is 5.35. The van der Waals surface area contributed by atoms with Gasteiger partial charge in [0.1, 0.15) is 0 Å². The Hall–Kier alpha value is -1.40. The Morgan fingerprint density at radius 1 is 1.67 bits per heavy atom. The first-order valence-electron chi connectivity index (χ1n) is 6.45. The number of piperidine rings is 1. The molecule has 0 radical (unpaired) electrons. The van der Waals surface area contributed by atoms with Crippen molar-refractivity contribution in [1.82, 2.24) is 15.5 Å². The number of rotatable bonds is 4. The van der Waals surface area contributed by atoms with E-state index in [-0.39, 0.29) is 5.69 Å². The van der Waals surface area contributed by atoms with E-state index in [4.69, 9.17) is 10.4 Å². The Labute approximate surface area is 106 Å². The molecule has 6 nitrogen and oxygen atoms in total. The van der Waals surface area contributed by atoms with E-state index >= 15 is 0 Å². The number of likely N-dealkylation sites (tertiary alicyclic amines) is 1. The van der Waals surface area contributed by atoms with E-state index in [1.165, 1.54) is 19.3 Å². The van der Waals surface area contributed by atoms with Crippen molar-refractivity contribution in [3.8, 4) is 0 Å². The molecule has 1 fully saturated rings. The van der Waals surface area contributed by atoms with Crippen molar-refractivity contribution >= 4 is 5.91 Å². The number of aromatic nitrogens is 1. The molecule has 1 aromatic rings. The van der Waals surface area contributed by atoms with Gasteiger partial charge in [-0.15, -0.1) is 0 Å². The topological polar surface area (TPSA) is 84.4 Å². The standard InChI is InChI=1S/C12H20N4O2/c1-2-9-5-3-4-6-16(9)8-10-7-11(15-18-10)12(17)14-13/h7,9H,2-6,8,13H2,1H3,(H,14,17). The van der Waals surface area contributed by atoms with Gasteiger partial charge in [-0.1, -0.05) is 18.5 Å². The zero-order valence-corrected chi connectivity index (χ0v) is 10.7. The minimum absolute atomic E-state index is 0.234. The number of nitrogen functional groups attached to an aromatic ring is 1. The summed E-state index contributed by atoms with van der Waals surface area (Å²) in [7, 11) is 0. The highest BCUT2D eigenvalue weighted by Crippen LogP contribution is 2.21. The highest BCUT2D eigenvalue weighted by molar-refractivity contribution is 5.91. The summed E-state index contributed by atoms with van der Waals surface area (Å²) in [6, 6.07) is 2.26. The SMILES string of the molecule is CCC1CCCCN1Cc1cc(C(=O)NN)no1. The third kappa shape index (κ3) is 2.88. The highest BCUT2D eigenvalue weighted by atomic mass is 16.5. The van der Waals surface area contributed by atoms with Crippen LogP contribution < -0.4 is 11.3 Å². The highest BCUT2D eigenvalue weighted by Gasteiger charge is 2.22. The summed E-state index contributed by atoms with van der Waals surface area (Å²) < 4.78 is 5.18. The molecule has 1 aliphatic heterocycles. The van der Waals surface area contributed by atoms with E-state index in [2.05, 4.69) is 17.0 Å². The number of nitrogens with one attached hydrogen (secondary N) is 1. The summed E-state index contributed by atoms with van der Waals surface area (Å²) in [4.78, 5) is 13.7. The molecular formula is C12H20N4O2. The third-order valence-corrected chi connectivity index (χ3v) is 3.50. The molecule has 18 heavy (non-hydrogen) atoms. The van der Waals surface area contributed by atoms with Gasteiger partial charge in [0.2, 0.25) is 0 Å². The Kier molecular flexibility index (Phi) is 4.33. The Morgan fingerprint density at radius 2 is 2.50 bits per heavy atom. The van der Waals surface area contributed by atoms with Gasteiger partial charge in [0.15, 0.2) is 11.5 Å². The lowest BCUT2D eigenvalue weighted by molar-refractivity contribution is 0.0943. The van der Waals surface area contributed by atoms with E-state index in [1.807, 2.05) is 5.43 Å². The van der Waals surface area contributed by atoms with Crippen molar-refractivity contribution in [2.75, 3.05) is 6.54 Å². The molecule has 0 spiro atoms. The van der Waals surface area contributed by atoms with Gasteiger partial charge in [-0.3, -0.25) is 15.1 Å². The molecule has 1 aliphatic rings. The van der Waals surface area contributed by atoms with Crippen molar-refractivity contribution in [3.63, 3.8) is 0 Å². The van der Waals surface area contributed by atoms with Gasteiger partial charge >= 0.3 is 0 Å². The zero-order chi connectivity index (χ0) is 13.0. The molecule has 2 rings (SSSR count). The van der Waals surface area contributed by atoms with Crippen LogP contribution in [0, 0.1) is 0 Å². The summed E-state index contributed by atoms with van der Waals surface area (Å²) in [5.41, 5.74) is 2.28. The third-order valence-electron chi connectivity index (χ3n) is 3.50. The zero-order valence-electron chi connectivity index (χ0n) is 10.7. The van der Waals surface area contributed by atoms with E-state index in [1.54, 1.807) is 6.07 Å². The number of nitrogens with two attached hydrogens (primary N) is 1. The van der Waals surface area contributed by atoms with Crippen LogP contribution in [-0.4, -0.2) is 28.6 Å². The average Bonchev–Trinajstić information content (AvgIpc) is 2.87. The quantitative estimate of drug-likeness (QED) is 0.475. The van der Waals surface area contributed by atoms with Crippen molar-refractivity contribution in [2.45, 2.75) is 45.2 Å². The number of carbonyl (C=O) groups excluding carboxylic acids is 1. The van der Waals surface area contributed by atoms with Crippen LogP contribution in [0.5, 0.6) is 0 Å². The molecule has 2 heterocycles. The van der Waals surface area contributed by atoms with Crippen LogP contribution in [0.3, 0.4) is 0 Å². The largest absolute Gasteiger partial charge is 0.359 e. The van der Waals surface area contributed by atoms with Crippen LogP contribution in [0.25, 0.3) is 0 Å². The smallest absolute Gasteiger partial charge is 0.287 e. The van der Waals surface area contributed by atoms with Gasteiger partial charge in [-0.05, 0) is 25.8 Å². The number of hydrogen-bond donors (Lipinski definition) is 2. The fourth-order valence-corrected chi connectivity index (χ4v) is 2.50. The Bertz CT molecular complexity index is 405. The molecule has 100 valence electrons. The summed E-state index contributed by atoms with van der Waals surface area (Å²) in [5, 5.41) is 3.71. The molecule has 0 aromatic carbocycles. The first-order chi connectivity index (χ1) is 8.74. The Balaban J connectivity index is 1.99. The van der Waals surface area contributed by atoms with Crippen molar-refractivity contribution in [3.05, 3.63) is 17.5 Å². The van der Waals surface area contributed by atoms with Crippen LogP contribution in [0.1, 0.15) is 48.9 Å². The maximum Gasteiger partial charge on any atom is 0.287 e. The summed E-state index contributed by atoms with van der Waals surface area (Å²) in [6.07, 6.45) is 4.90. The van der Waals surface area contributed by atoms with Gasteiger partial charge < -0.3 is 4.52 Å². The van der Waals surface area contributed by atoms with Crippen molar-refractivity contribution < 1.29 is 9.32 Å². The molecule has 1 aromatic heterocycles.